The van der Waals surface area contributed by atoms with Crippen LogP contribution >= 0.6 is 0 Å². The Morgan fingerprint density at radius 3 is 2.87 bits per heavy atom. The molecule has 6 nitrogen and oxygen atoms in total. The Kier molecular flexibility index (Phi) is 5.27. The largest absolute Gasteiger partial charge is 0.497 e. The van der Waals surface area contributed by atoms with Crippen LogP contribution in [0.2, 0.25) is 0 Å². The number of aromatic nitrogens is 2. The average molecular weight is 317 g/mol. The van der Waals surface area contributed by atoms with Crippen LogP contribution in [0.5, 0.6) is 5.75 Å². The van der Waals surface area contributed by atoms with Crippen LogP contribution in [-0.4, -0.2) is 52.5 Å². The van der Waals surface area contributed by atoms with Crippen LogP contribution in [0.1, 0.15) is 11.4 Å². The van der Waals surface area contributed by atoms with Gasteiger partial charge in [0.25, 0.3) is 0 Å². The Morgan fingerprint density at radius 1 is 1.26 bits per heavy atom. The number of hydrogen-bond donors (Lipinski definition) is 1. The van der Waals surface area contributed by atoms with E-state index in [1.165, 1.54) is 0 Å². The quantitative estimate of drug-likeness (QED) is 0.834. The summed E-state index contributed by atoms with van der Waals surface area (Å²) in [5, 5.41) is 10.1. The number of ether oxygens (including phenoxy) is 2. The molecule has 0 amide bonds. The molecule has 23 heavy (non-hydrogen) atoms. The van der Waals surface area contributed by atoms with Gasteiger partial charge in [-0.05, 0) is 17.7 Å². The third kappa shape index (κ3) is 4.31. The Labute approximate surface area is 136 Å². The molecule has 0 spiro atoms. The summed E-state index contributed by atoms with van der Waals surface area (Å²) in [5.74, 6) is 1.89. The summed E-state index contributed by atoms with van der Waals surface area (Å²) in [6.07, 6.45) is 3.34. The maximum Gasteiger partial charge on any atom is 0.122 e. The first-order chi connectivity index (χ1) is 11.2. The molecule has 3 rings (SSSR count). The second-order valence-corrected chi connectivity index (χ2v) is 5.79. The van der Waals surface area contributed by atoms with E-state index < -0.39 is 6.10 Å². The van der Waals surface area contributed by atoms with Crippen molar-refractivity contribution in [1.29, 1.82) is 0 Å². The molecule has 1 aliphatic rings. The van der Waals surface area contributed by atoms with E-state index in [0.717, 1.165) is 36.8 Å². The molecule has 0 unspecified atom stereocenters. The van der Waals surface area contributed by atoms with Crippen molar-refractivity contribution in [3.63, 3.8) is 0 Å². The number of fused-ring (bicyclic) bond motifs is 1. The molecule has 124 valence electrons. The fourth-order valence-corrected chi connectivity index (χ4v) is 2.76. The minimum atomic E-state index is -0.491. The Morgan fingerprint density at radius 2 is 2.09 bits per heavy atom. The summed E-state index contributed by atoms with van der Waals surface area (Å²) in [6.45, 7) is 4.06. The second kappa shape index (κ2) is 7.59. The van der Waals surface area contributed by atoms with Crippen molar-refractivity contribution in [1.82, 2.24) is 14.5 Å². The van der Waals surface area contributed by atoms with Crippen LogP contribution in [-0.2, 0) is 24.4 Å². The van der Waals surface area contributed by atoms with Gasteiger partial charge in [-0.15, -0.1) is 0 Å². The summed E-state index contributed by atoms with van der Waals surface area (Å²) in [7, 11) is 1.65. The highest BCUT2D eigenvalue weighted by atomic mass is 16.5. The van der Waals surface area contributed by atoms with E-state index in [-0.39, 0.29) is 0 Å². The fraction of sp³-hybridized carbons (Fsp3) is 0.471. The predicted molar refractivity (Wildman–Crippen MR) is 86.2 cm³/mol. The number of aliphatic hydroxyl groups excluding tert-OH is 1. The molecule has 1 aromatic carbocycles. The monoisotopic (exact) mass is 317 g/mol. The van der Waals surface area contributed by atoms with Gasteiger partial charge in [-0.2, -0.15) is 0 Å². The van der Waals surface area contributed by atoms with Crippen molar-refractivity contribution in [2.24, 2.45) is 0 Å². The maximum atomic E-state index is 10.1. The molecule has 0 aliphatic carbocycles. The van der Waals surface area contributed by atoms with Crippen LogP contribution in [0.25, 0.3) is 0 Å². The Bertz CT molecular complexity index is 612. The molecule has 1 N–H and O–H groups in total. The van der Waals surface area contributed by atoms with E-state index in [1.807, 2.05) is 36.7 Å². The second-order valence-electron chi connectivity index (χ2n) is 5.79. The molecular formula is C17H23N3O3. The molecule has 0 bridgehead atoms. The number of aliphatic hydroxyl groups is 1. The molecule has 2 heterocycles. The van der Waals surface area contributed by atoms with Crippen LogP contribution in [0.3, 0.4) is 0 Å². The number of β-amino-alcohol motifs (C(OH)–C–C–N with tert-alkyl or cyclic N) is 1. The maximum absolute atomic E-state index is 10.1. The number of imidazole rings is 1. The molecule has 0 fully saturated rings. The number of benzene rings is 1. The smallest absolute Gasteiger partial charge is 0.122 e. The fourth-order valence-electron chi connectivity index (χ4n) is 2.76. The van der Waals surface area contributed by atoms with Crippen molar-refractivity contribution in [3.8, 4) is 5.75 Å². The topological polar surface area (TPSA) is 59.8 Å². The molecule has 1 aromatic heterocycles. The highest BCUT2D eigenvalue weighted by Gasteiger charge is 2.19. The predicted octanol–water partition coefficient (Wildman–Crippen LogP) is 1.28. The first-order valence-electron chi connectivity index (χ1n) is 7.85. The van der Waals surface area contributed by atoms with Crippen LogP contribution in [0.15, 0.2) is 36.7 Å². The van der Waals surface area contributed by atoms with Gasteiger partial charge < -0.3 is 19.1 Å². The lowest BCUT2D eigenvalue weighted by molar-refractivity contribution is 0.00541. The Hall–Kier alpha value is -1.89. The normalized spacial score (nSPS) is 16.1. The first-order valence-corrected chi connectivity index (χ1v) is 7.85. The van der Waals surface area contributed by atoms with E-state index in [2.05, 4.69) is 14.5 Å². The zero-order valence-corrected chi connectivity index (χ0v) is 13.4. The zero-order chi connectivity index (χ0) is 16.1. The number of rotatable bonds is 7. The van der Waals surface area contributed by atoms with Gasteiger partial charge in [0.05, 0.1) is 33.0 Å². The molecule has 1 atom stereocenters. The lowest BCUT2D eigenvalue weighted by Gasteiger charge is -2.29. The minimum Gasteiger partial charge on any atom is -0.497 e. The minimum absolute atomic E-state index is 0.330. The molecule has 0 saturated carbocycles. The summed E-state index contributed by atoms with van der Waals surface area (Å²) >= 11 is 0. The highest BCUT2D eigenvalue weighted by Crippen LogP contribution is 2.13. The van der Waals surface area contributed by atoms with Crippen molar-refractivity contribution < 1.29 is 14.6 Å². The average Bonchev–Trinajstić information content (AvgIpc) is 3.03. The van der Waals surface area contributed by atoms with E-state index in [0.29, 0.717) is 19.8 Å². The third-order valence-electron chi connectivity index (χ3n) is 4.03. The zero-order valence-electron chi connectivity index (χ0n) is 13.4. The molecule has 0 saturated heterocycles. The highest BCUT2D eigenvalue weighted by molar-refractivity contribution is 5.26. The summed E-state index contributed by atoms with van der Waals surface area (Å²) in [4.78, 5) is 6.54. The SMILES string of the molecule is COc1ccc(COC[C@@H](O)CN2CCn3ccnc3C2)cc1. The van der Waals surface area contributed by atoms with Crippen molar-refractivity contribution in [3.05, 3.63) is 48.0 Å². The van der Waals surface area contributed by atoms with Gasteiger partial charge in [0, 0.05) is 32.0 Å². The summed E-state index contributed by atoms with van der Waals surface area (Å²) < 4.78 is 12.9. The number of hydrogen-bond acceptors (Lipinski definition) is 5. The van der Waals surface area contributed by atoms with E-state index in [9.17, 15) is 5.11 Å². The van der Waals surface area contributed by atoms with Gasteiger partial charge >= 0.3 is 0 Å². The summed E-state index contributed by atoms with van der Waals surface area (Å²) in [5.41, 5.74) is 1.07. The van der Waals surface area contributed by atoms with Gasteiger partial charge in [-0.3, -0.25) is 4.90 Å². The van der Waals surface area contributed by atoms with Gasteiger partial charge in [-0.25, -0.2) is 4.98 Å². The van der Waals surface area contributed by atoms with E-state index >= 15 is 0 Å². The molecular weight excluding hydrogens is 294 g/mol. The van der Waals surface area contributed by atoms with Crippen molar-refractivity contribution in [2.45, 2.75) is 25.8 Å². The lowest BCUT2D eigenvalue weighted by atomic mass is 10.2. The van der Waals surface area contributed by atoms with Gasteiger partial charge in [0.1, 0.15) is 11.6 Å². The van der Waals surface area contributed by atoms with Gasteiger partial charge in [-0.1, -0.05) is 12.1 Å². The van der Waals surface area contributed by atoms with Crippen LogP contribution in [0, 0.1) is 0 Å². The Balaban J connectivity index is 1.39. The molecule has 2 aromatic rings. The first kappa shape index (κ1) is 16.0. The van der Waals surface area contributed by atoms with E-state index in [1.54, 1.807) is 7.11 Å². The molecule has 0 radical (unpaired) electrons. The third-order valence-corrected chi connectivity index (χ3v) is 4.03. The van der Waals surface area contributed by atoms with Crippen molar-refractivity contribution >= 4 is 0 Å². The van der Waals surface area contributed by atoms with Gasteiger partial charge in [0.2, 0.25) is 0 Å². The van der Waals surface area contributed by atoms with Gasteiger partial charge in [0.15, 0.2) is 0 Å². The lowest BCUT2D eigenvalue weighted by Crippen LogP contribution is -2.40. The summed E-state index contributed by atoms with van der Waals surface area (Å²) in [6, 6.07) is 7.75. The number of methoxy groups -OCH3 is 1. The van der Waals surface area contributed by atoms with Crippen molar-refractivity contribution in [2.75, 3.05) is 26.8 Å². The number of nitrogens with zero attached hydrogens (tertiary/aromatic N) is 3. The van der Waals surface area contributed by atoms with Crippen LogP contribution in [0.4, 0.5) is 0 Å². The molecule has 6 heteroatoms. The standard InChI is InChI=1S/C17H23N3O3/c1-22-16-4-2-14(3-5-16)12-23-13-15(21)10-19-8-9-20-7-6-18-17(20)11-19/h2-7,15,21H,8-13H2,1H3/t15-/m0/s1. The van der Waals surface area contributed by atoms with Crippen LogP contribution < -0.4 is 4.74 Å². The molecule has 1 aliphatic heterocycles. The van der Waals surface area contributed by atoms with E-state index in [4.69, 9.17) is 9.47 Å².